The highest BCUT2D eigenvalue weighted by Gasteiger charge is 2.37. The molecule has 0 aromatic heterocycles. The van der Waals surface area contributed by atoms with Gasteiger partial charge in [0.2, 0.25) is 0 Å². The van der Waals surface area contributed by atoms with Crippen molar-refractivity contribution in [2.24, 2.45) is 0 Å². The van der Waals surface area contributed by atoms with Crippen molar-refractivity contribution in [1.29, 1.82) is 0 Å². The average Bonchev–Trinajstić information content (AvgIpc) is 2.60. The number of benzene rings is 2. The summed E-state index contributed by atoms with van der Waals surface area (Å²) < 4.78 is 77.7. The van der Waals surface area contributed by atoms with Crippen LogP contribution < -0.4 is 5.32 Å². The van der Waals surface area contributed by atoms with Gasteiger partial charge in [-0.15, -0.1) is 0 Å². The SMILES string of the molecule is O=C(N[C@H]1CCCc2ccccc21)c1cc(C(F)(F)F)cc(C(F)(F)F)c1. The van der Waals surface area contributed by atoms with Gasteiger partial charge in [0, 0.05) is 5.56 Å². The third-order valence-corrected chi connectivity index (χ3v) is 4.52. The number of aryl methyl sites for hydroxylation is 1. The van der Waals surface area contributed by atoms with E-state index in [2.05, 4.69) is 5.32 Å². The standard InChI is InChI=1S/C19H15F6NO/c20-18(21,22)13-8-12(9-14(10-13)19(23,24)25)17(27)26-16-7-3-5-11-4-1-2-6-15(11)16/h1-2,4,6,8-10,16H,3,5,7H2,(H,26,27)/t16-/m0/s1. The maximum Gasteiger partial charge on any atom is 0.416 e. The minimum absolute atomic E-state index is 0.00664. The summed E-state index contributed by atoms with van der Waals surface area (Å²) in [6.45, 7) is 0. The molecule has 1 aliphatic carbocycles. The lowest BCUT2D eigenvalue weighted by Crippen LogP contribution is -2.31. The molecule has 1 amide bonds. The van der Waals surface area contributed by atoms with Crippen molar-refractivity contribution in [2.45, 2.75) is 37.7 Å². The molecule has 0 saturated carbocycles. The Morgan fingerprint density at radius 3 is 2.11 bits per heavy atom. The quantitative estimate of drug-likeness (QED) is 0.675. The highest BCUT2D eigenvalue weighted by atomic mass is 19.4. The van der Waals surface area contributed by atoms with Crippen LogP contribution in [0, 0.1) is 0 Å². The summed E-state index contributed by atoms with van der Waals surface area (Å²) >= 11 is 0. The van der Waals surface area contributed by atoms with Crippen LogP contribution in [-0.4, -0.2) is 5.91 Å². The van der Waals surface area contributed by atoms with Crippen LogP contribution in [0.1, 0.15) is 51.5 Å². The topological polar surface area (TPSA) is 29.1 Å². The fourth-order valence-electron chi connectivity index (χ4n) is 3.23. The molecular formula is C19H15F6NO. The van der Waals surface area contributed by atoms with Gasteiger partial charge in [-0.05, 0) is 48.6 Å². The molecule has 3 rings (SSSR count). The molecule has 2 aromatic carbocycles. The van der Waals surface area contributed by atoms with Gasteiger partial charge >= 0.3 is 12.4 Å². The van der Waals surface area contributed by atoms with Crippen LogP contribution in [0.4, 0.5) is 26.3 Å². The fraction of sp³-hybridized carbons (Fsp3) is 0.316. The predicted octanol–water partition coefficient (Wildman–Crippen LogP) is 5.53. The minimum atomic E-state index is -4.99. The normalized spacial score (nSPS) is 17.3. The lowest BCUT2D eigenvalue weighted by Gasteiger charge is -2.26. The first-order valence-electron chi connectivity index (χ1n) is 8.24. The predicted molar refractivity (Wildman–Crippen MR) is 86.0 cm³/mol. The molecule has 0 aliphatic heterocycles. The maximum atomic E-state index is 13.0. The molecule has 0 saturated heterocycles. The number of amides is 1. The number of rotatable bonds is 2. The van der Waals surface area contributed by atoms with E-state index in [0.717, 1.165) is 24.0 Å². The molecule has 0 unspecified atom stereocenters. The first kappa shape index (κ1) is 19.3. The van der Waals surface area contributed by atoms with Crippen molar-refractivity contribution in [1.82, 2.24) is 5.32 Å². The summed E-state index contributed by atoms with van der Waals surface area (Å²) in [4.78, 5) is 12.4. The van der Waals surface area contributed by atoms with Crippen molar-refractivity contribution < 1.29 is 31.1 Å². The maximum absolute atomic E-state index is 13.0. The zero-order valence-corrected chi connectivity index (χ0v) is 13.9. The number of hydrogen-bond acceptors (Lipinski definition) is 1. The van der Waals surface area contributed by atoms with Gasteiger partial charge in [-0.1, -0.05) is 24.3 Å². The molecule has 0 spiro atoms. The molecule has 27 heavy (non-hydrogen) atoms. The van der Waals surface area contributed by atoms with Crippen molar-refractivity contribution in [3.05, 3.63) is 70.3 Å². The van der Waals surface area contributed by atoms with Gasteiger partial charge in [-0.2, -0.15) is 26.3 Å². The van der Waals surface area contributed by atoms with Crippen LogP contribution in [0.15, 0.2) is 42.5 Å². The molecule has 144 valence electrons. The second-order valence-corrected chi connectivity index (χ2v) is 6.41. The van der Waals surface area contributed by atoms with E-state index in [4.69, 9.17) is 0 Å². The van der Waals surface area contributed by atoms with Gasteiger partial charge < -0.3 is 5.32 Å². The van der Waals surface area contributed by atoms with Crippen LogP contribution in [0.2, 0.25) is 0 Å². The number of hydrogen-bond donors (Lipinski definition) is 1. The number of carbonyl (C=O) groups is 1. The second kappa shape index (κ2) is 6.90. The van der Waals surface area contributed by atoms with E-state index in [1.807, 2.05) is 12.1 Å². The summed E-state index contributed by atoms with van der Waals surface area (Å²) in [7, 11) is 0. The van der Waals surface area contributed by atoms with E-state index in [9.17, 15) is 31.1 Å². The molecule has 0 heterocycles. The number of nitrogens with one attached hydrogen (secondary N) is 1. The summed E-state index contributed by atoms with van der Waals surface area (Å²) in [5.41, 5.74) is -1.84. The Morgan fingerprint density at radius 1 is 0.926 bits per heavy atom. The first-order chi connectivity index (χ1) is 12.6. The van der Waals surface area contributed by atoms with E-state index in [0.29, 0.717) is 18.6 Å². The number of alkyl halides is 6. The van der Waals surface area contributed by atoms with Gasteiger partial charge in [0.25, 0.3) is 5.91 Å². The third-order valence-electron chi connectivity index (χ3n) is 4.52. The Labute approximate surface area is 151 Å². The van der Waals surface area contributed by atoms with Gasteiger partial charge in [0.05, 0.1) is 17.2 Å². The zero-order chi connectivity index (χ0) is 19.8. The molecule has 8 heteroatoms. The zero-order valence-electron chi connectivity index (χ0n) is 13.9. The monoisotopic (exact) mass is 387 g/mol. The highest BCUT2D eigenvalue weighted by Crippen LogP contribution is 2.36. The number of fused-ring (bicyclic) bond motifs is 1. The van der Waals surface area contributed by atoms with Crippen LogP contribution in [0.3, 0.4) is 0 Å². The number of carbonyl (C=O) groups excluding carboxylic acids is 1. The molecule has 1 N–H and O–H groups in total. The van der Waals surface area contributed by atoms with Crippen LogP contribution in [0.5, 0.6) is 0 Å². The van der Waals surface area contributed by atoms with E-state index >= 15 is 0 Å². The first-order valence-corrected chi connectivity index (χ1v) is 8.24. The van der Waals surface area contributed by atoms with Crippen LogP contribution >= 0.6 is 0 Å². The fourth-order valence-corrected chi connectivity index (χ4v) is 3.23. The van der Waals surface area contributed by atoms with Crippen LogP contribution in [0.25, 0.3) is 0 Å². The molecule has 1 atom stereocenters. The lowest BCUT2D eigenvalue weighted by molar-refractivity contribution is -0.143. The van der Waals surface area contributed by atoms with E-state index in [1.165, 1.54) is 0 Å². The second-order valence-electron chi connectivity index (χ2n) is 6.41. The van der Waals surface area contributed by atoms with Gasteiger partial charge in [0.15, 0.2) is 0 Å². The summed E-state index contributed by atoms with van der Waals surface area (Å²) in [5.74, 6) is -0.965. The molecule has 0 radical (unpaired) electrons. The minimum Gasteiger partial charge on any atom is -0.345 e. The summed E-state index contributed by atoms with van der Waals surface area (Å²) in [6, 6.07) is 7.74. The van der Waals surface area contributed by atoms with Crippen LogP contribution in [-0.2, 0) is 18.8 Å². The molecule has 2 aromatic rings. The smallest absolute Gasteiger partial charge is 0.345 e. The number of halogens is 6. The lowest BCUT2D eigenvalue weighted by atomic mass is 9.87. The molecular weight excluding hydrogens is 372 g/mol. The van der Waals surface area contributed by atoms with Gasteiger partial charge in [-0.3, -0.25) is 4.79 Å². The van der Waals surface area contributed by atoms with Crippen molar-refractivity contribution in [2.75, 3.05) is 0 Å². The third kappa shape index (κ3) is 4.26. The molecule has 0 fully saturated rings. The highest BCUT2D eigenvalue weighted by molar-refractivity contribution is 5.95. The Bertz CT molecular complexity index is 824. The van der Waals surface area contributed by atoms with Gasteiger partial charge in [-0.25, -0.2) is 0 Å². The molecule has 1 aliphatic rings. The molecule has 2 nitrogen and oxygen atoms in total. The summed E-state index contributed by atoms with van der Waals surface area (Å²) in [5, 5.41) is 2.58. The summed E-state index contributed by atoms with van der Waals surface area (Å²) in [6.07, 6.45) is -7.85. The van der Waals surface area contributed by atoms with E-state index in [1.54, 1.807) is 12.1 Å². The van der Waals surface area contributed by atoms with Crippen molar-refractivity contribution >= 4 is 5.91 Å². The van der Waals surface area contributed by atoms with Crippen molar-refractivity contribution in [3.8, 4) is 0 Å². The van der Waals surface area contributed by atoms with Gasteiger partial charge in [0.1, 0.15) is 0 Å². The average molecular weight is 387 g/mol. The van der Waals surface area contributed by atoms with Crippen molar-refractivity contribution in [3.63, 3.8) is 0 Å². The van der Waals surface area contributed by atoms with E-state index < -0.39 is 41.0 Å². The largest absolute Gasteiger partial charge is 0.416 e. The Balaban J connectivity index is 1.93. The Hall–Kier alpha value is -2.51. The Kier molecular flexibility index (Phi) is 4.92. The Morgan fingerprint density at radius 2 is 1.52 bits per heavy atom. The van der Waals surface area contributed by atoms with E-state index in [-0.39, 0.29) is 6.07 Å². The molecule has 0 bridgehead atoms.